The van der Waals surface area contributed by atoms with Crippen molar-refractivity contribution in [1.29, 1.82) is 0 Å². The first-order valence-electron chi connectivity index (χ1n) is 3.80. The number of methoxy groups -OCH3 is 1. The summed E-state index contributed by atoms with van der Waals surface area (Å²) >= 11 is 5.74. The van der Waals surface area contributed by atoms with Crippen molar-refractivity contribution in [3.05, 3.63) is 28.8 Å². The molecule has 0 aromatic heterocycles. The van der Waals surface area contributed by atoms with Gasteiger partial charge in [-0.15, -0.1) is 0 Å². The van der Waals surface area contributed by atoms with Crippen LogP contribution in [0.3, 0.4) is 0 Å². The average molecular weight is 217 g/mol. The lowest BCUT2D eigenvalue weighted by molar-refractivity contribution is -0.146. The van der Waals surface area contributed by atoms with Crippen LogP contribution in [0.2, 0.25) is 5.02 Å². The molecule has 2 N–H and O–H groups in total. The van der Waals surface area contributed by atoms with E-state index in [-0.39, 0.29) is 10.6 Å². The van der Waals surface area contributed by atoms with E-state index < -0.39 is 12.1 Å². The van der Waals surface area contributed by atoms with Gasteiger partial charge >= 0.3 is 5.97 Å². The number of aliphatic carboxylic acids is 1. The lowest BCUT2D eigenvalue weighted by Crippen LogP contribution is -2.10. The topological polar surface area (TPSA) is 66.8 Å². The molecule has 0 unspecified atom stereocenters. The number of ether oxygens (including phenoxy) is 1. The summed E-state index contributed by atoms with van der Waals surface area (Å²) in [6.45, 7) is 0. The fraction of sp³-hybridized carbons (Fsp3) is 0.222. The van der Waals surface area contributed by atoms with Crippen LogP contribution in [-0.2, 0) is 4.79 Å². The molecule has 1 rings (SSSR count). The predicted molar refractivity (Wildman–Crippen MR) is 50.6 cm³/mol. The molecule has 76 valence electrons. The van der Waals surface area contributed by atoms with Crippen LogP contribution in [0.4, 0.5) is 0 Å². The van der Waals surface area contributed by atoms with Gasteiger partial charge in [0.2, 0.25) is 0 Å². The lowest BCUT2D eigenvalue weighted by atomic mass is 10.1. The van der Waals surface area contributed by atoms with E-state index in [1.807, 2.05) is 0 Å². The second kappa shape index (κ2) is 4.30. The molecule has 14 heavy (non-hydrogen) atoms. The van der Waals surface area contributed by atoms with Gasteiger partial charge in [-0.25, -0.2) is 4.79 Å². The minimum atomic E-state index is -1.60. The SMILES string of the molecule is COc1ccc([C@H](O)C(=O)O)c(Cl)c1. The van der Waals surface area contributed by atoms with Crippen LogP contribution in [0.1, 0.15) is 11.7 Å². The number of halogens is 1. The van der Waals surface area contributed by atoms with Crippen LogP contribution in [0.25, 0.3) is 0 Å². The number of aliphatic hydroxyl groups is 1. The normalized spacial score (nSPS) is 12.2. The number of benzene rings is 1. The van der Waals surface area contributed by atoms with Crippen LogP contribution >= 0.6 is 11.6 Å². The third-order valence-electron chi connectivity index (χ3n) is 1.74. The van der Waals surface area contributed by atoms with Crippen LogP contribution in [0.5, 0.6) is 5.75 Å². The maximum atomic E-state index is 10.5. The summed E-state index contributed by atoms with van der Waals surface area (Å²) in [6, 6.07) is 4.40. The van der Waals surface area contributed by atoms with Crippen LogP contribution in [-0.4, -0.2) is 23.3 Å². The fourth-order valence-corrected chi connectivity index (χ4v) is 1.26. The van der Waals surface area contributed by atoms with Gasteiger partial charge in [-0.2, -0.15) is 0 Å². The first kappa shape index (κ1) is 10.8. The van der Waals surface area contributed by atoms with Gasteiger partial charge in [-0.05, 0) is 12.1 Å². The predicted octanol–water partition coefficient (Wildman–Crippen LogP) is 1.47. The minimum Gasteiger partial charge on any atom is -0.497 e. The Kier molecular flexibility index (Phi) is 3.33. The highest BCUT2D eigenvalue weighted by Gasteiger charge is 2.18. The van der Waals surface area contributed by atoms with Crippen molar-refractivity contribution >= 4 is 17.6 Å². The molecule has 0 fully saturated rings. The number of aliphatic hydroxyl groups excluding tert-OH is 1. The summed E-state index contributed by atoms with van der Waals surface area (Å²) in [5.41, 5.74) is 0.153. The molecule has 0 heterocycles. The monoisotopic (exact) mass is 216 g/mol. The van der Waals surface area contributed by atoms with E-state index in [9.17, 15) is 9.90 Å². The number of carboxylic acid groups (broad SMARTS) is 1. The number of hydrogen-bond acceptors (Lipinski definition) is 3. The molecule has 0 radical (unpaired) electrons. The smallest absolute Gasteiger partial charge is 0.337 e. The quantitative estimate of drug-likeness (QED) is 0.803. The minimum absolute atomic E-state index is 0.153. The van der Waals surface area contributed by atoms with Gasteiger partial charge in [-0.1, -0.05) is 17.7 Å². The van der Waals surface area contributed by atoms with Gasteiger partial charge in [0, 0.05) is 5.56 Å². The van der Waals surface area contributed by atoms with Crippen molar-refractivity contribution in [2.75, 3.05) is 7.11 Å². The van der Waals surface area contributed by atoms with Crippen molar-refractivity contribution in [2.24, 2.45) is 0 Å². The maximum Gasteiger partial charge on any atom is 0.337 e. The van der Waals surface area contributed by atoms with Crippen LogP contribution < -0.4 is 4.74 Å². The second-order valence-corrected chi connectivity index (χ2v) is 3.04. The molecule has 0 bridgehead atoms. The van der Waals surface area contributed by atoms with E-state index in [4.69, 9.17) is 21.4 Å². The molecule has 0 aliphatic heterocycles. The molecule has 1 aromatic carbocycles. The zero-order valence-corrected chi connectivity index (χ0v) is 8.15. The number of carboxylic acids is 1. The van der Waals surface area contributed by atoms with E-state index in [0.717, 1.165) is 0 Å². The van der Waals surface area contributed by atoms with Crippen molar-refractivity contribution in [3.63, 3.8) is 0 Å². The zero-order valence-electron chi connectivity index (χ0n) is 7.40. The number of hydrogen-bond donors (Lipinski definition) is 2. The standard InChI is InChI=1S/C9H9ClO4/c1-14-5-2-3-6(7(10)4-5)8(11)9(12)13/h2-4,8,11H,1H3,(H,12,13)/t8-/m0/s1. The second-order valence-electron chi connectivity index (χ2n) is 2.63. The average Bonchev–Trinajstić information content (AvgIpc) is 2.16. The Morgan fingerprint density at radius 3 is 2.64 bits per heavy atom. The molecule has 4 nitrogen and oxygen atoms in total. The van der Waals surface area contributed by atoms with E-state index >= 15 is 0 Å². The van der Waals surface area contributed by atoms with Crippen LogP contribution in [0, 0.1) is 0 Å². The van der Waals surface area contributed by atoms with Gasteiger partial charge in [0.25, 0.3) is 0 Å². The van der Waals surface area contributed by atoms with Crippen molar-refractivity contribution in [1.82, 2.24) is 0 Å². The van der Waals surface area contributed by atoms with Crippen molar-refractivity contribution < 1.29 is 19.7 Å². The van der Waals surface area contributed by atoms with Gasteiger partial charge in [-0.3, -0.25) is 0 Å². The van der Waals surface area contributed by atoms with Gasteiger partial charge < -0.3 is 14.9 Å². The third-order valence-corrected chi connectivity index (χ3v) is 2.06. The van der Waals surface area contributed by atoms with E-state index in [0.29, 0.717) is 5.75 Å². The third kappa shape index (κ3) is 2.16. The molecule has 0 aliphatic carbocycles. The summed E-state index contributed by atoms with van der Waals surface area (Å²) in [6.07, 6.45) is -1.60. The Morgan fingerprint density at radius 2 is 2.21 bits per heavy atom. The molecule has 1 aromatic rings. The molecule has 0 aliphatic rings. The summed E-state index contributed by atoms with van der Waals surface area (Å²) in [5, 5.41) is 17.9. The molecule has 5 heteroatoms. The zero-order chi connectivity index (χ0) is 10.7. The number of rotatable bonds is 3. The van der Waals surface area contributed by atoms with Gasteiger partial charge in [0.15, 0.2) is 6.10 Å². The molecule has 0 spiro atoms. The van der Waals surface area contributed by atoms with Gasteiger partial charge in [0.05, 0.1) is 12.1 Å². The van der Waals surface area contributed by atoms with E-state index in [2.05, 4.69) is 0 Å². The van der Waals surface area contributed by atoms with Crippen molar-refractivity contribution in [2.45, 2.75) is 6.10 Å². The molecule has 0 saturated heterocycles. The first-order chi connectivity index (χ1) is 6.56. The Labute approximate surface area is 85.7 Å². The van der Waals surface area contributed by atoms with Crippen molar-refractivity contribution in [3.8, 4) is 5.75 Å². The fourth-order valence-electron chi connectivity index (χ4n) is 0.990. The Morgan fingerprint density at radius 1 is 1.57 bits per heavy atom. The largest absolute Gasteiger partial charge is 0.497 e. The molecule has 1 atom stereocenters. The Balaban J connectivity index is 3.05. The molecule has 0 amide bonds. The molecular weight excluding hydrogens is 208 g/mol. The molecular formula is C9H9ClO4. The highest BCUT2D eigenvalue weighted by Crippen LogP contribution is 2.27. The lowest BCUT2D eigenvalue weighted by Gasteiger charge is -2.09. The number of carbonyl (C=O) groups is 1. The summed E-state index contributed by atoms with van der Waals surface area (Å²) in [4.78, 5) is 10.5. The Bertz CT molecular complexity index is 351. The summed E-state index contributed by atoms with van der Waals surface area (Å²) < 4.78 is 4.88. The van der Waals surface area contributed by atoms with Gasteiger partial charge in [0.1, 0.15) is 5.75 Å². The maximum absolute atomic E-state index is 10.5. The highest BCUT2D eigenvalue weighted by molar-refractivity contribution is 6.31. The Hall–Kier alpha value is -1.26. The van der Waals surface area contributed by atoms with Crippen LogP contribution in [0.15, 0.2) is 18.2 Å². The first-order valence-corrected chi connectivity index (χ1v) is 4.18. The summed E-state index contributed by atoms with van der Waals surface area (Å²) in [7, 11) is 1.47. The summed E-state index contributed by atoms with van der Waals surface area (Å²) in [5.74, 6) is -0.826. The van der Waals surface area contributed by atoms with E-state index in [1.165, 1.54) is 25.3 Å². The van der Waals surface area contributed by atoms with E-state index in [1.54, 1.807) is 0 Å². The highest BCUT2D eigenvalue weighted by atomic mass is 35.5. The molecule has 0 saturated carbocycles.